The van der Waals surface area contributed by atoms with E-state index < -0.39 is 6.55 Å². The predicted octanol–water partition coefficient (Wildman–Crippen LogP) is 3.06. The highest BCUT2D eigenvalue weighted by Crippen LogP contribution is 2.33. The van der Waals surface area contributed by atoms with Crippen LogP contribution in [-0.4, -0.2) is 22.9 Å². The highest BCUT2D eigenvalue weighted by Gasteiger charge is 2.23. The zero-order valence-electron chi connectivity index (χ0n) is 10.7. The van der Waals surface area contributed by atoms with Crippen molar-refractivity contribution in [1.82, 2.24) is 9.78 Å². The topological polar surface area (TPSA) is 21.1 Å². The molecule has 0 saturated heterocycles. The van der Waals surface area contributed by atoms with E-state index in [2.05, 4.69) is 5.10 Å². The van der Waals surface area contributed by atoms with E-state index in [0.717, 1.165) is 29.5 Å². The second kappa shape index (κ2) is 4.64. The molecule has 0 N–H and O–H groups in total. The zero-order chi connectivity index (χ0) is 13.4. The van der Waals surface area contributed by atoms with Crippen molar-refractivity contribution in [2.75, 3.05) is 11.4 Å². The number of alkyl halides is 2. The lowest BCUT2D eigenvalue weighted by Crippen LogP contribution is -2.33. The van der Waals surface area contributed by atoms with Crippen LogP contribution in [0.5, 0.6) is 0 Å². The van der Waals surface area contributed by atoms with Crippen molar-refractivity contribution in [3.8, 4) is 11.1 Å². The number of fused-ring (bicyclic) bond motifs is 1. The average molecular weight is 263 g/mol. The number of benzene rings is 1. The summed E-state index contributed by atoms with van der Waals surface area (Å²) in [5.74, 6) is 0. The lowest BCUT2D eigenvalue weighted by atomic mass is 9.97. The van der Waals surface area contributed by atoms with Gasteiger partial charge in [0, 0.05) is 31.0 Å². The molecule has 0 fully saturated rings. The molecule has 3 rings (SSSR count). The summed E-state index contributed by atoms with van der Waals surface area (Å²) in [5, 5.41) is 4.13. The van der Waals surface area contributed by atoms with Crippen LogP contribution in [0.4, 0.5) is 14.5 Å². The first-order valence-electron chi connectivity index (χ1n) is 6.32. The van der Waals surface area contributed by atoms with Crippen molar-refractivity contribution < 1.29 is 8.78 Å². The number of hydrogen-bond donors (Lipinski definition) is 0. The van der Waals surface area contributed by atoms with Gasteiger partial charge >= 0.3 is 6.55 Å². The van der Waals surface area contributed by atoms with E-state index >= 15 is 0 Å². The fraction of sp³-hybridized carbons (Fsp3) is 0.357. The van der Waals surface area contributed by atoms with Crippen LogP contribution in [0, 0.1) is 0 Å². The minimum absolute atomic E-state index is 0.427. The Labute approximate surface area is 110 Å². The average Bonchev–Trinajstić information content (AvgIpc) is 2.84. The molecule has 0 radical (unpaired) electrons. The summed E-state index contributed by atoms with van der Waals surface area (Å²) in [6, 6.07) is 5.68. The fourth-order valence-electron chi connectivity index (χ4n) is 2.58. The Morgan fingerprint density at radius 3 is 2.79 bits per heavy atom. The molecule has 0 spiro atoms. The van der Waals surface area contributed by atoms with Gasteiger partial charge in [-0.05, 0) is 36.1 Å². The normalized spacial score (nSPS) is 14.8. The van der Waals surface area contributed by atoms with Gasteiger partial charge in [0.25, 0.3) is 0 Å². The smallest absolute Gasteiger partial charge is 0.315 e. The summed E-state index contributed by atoms with van der Waals surface area (Å²) in [4.78, 5) is 1.17. The van der Waals surface area contributed by atoms with E-state index in [1.165, 1.54) is 4.90 Å². The fourth-order valence-corrected chi connectivity index (χ4v) is 2.58. The van der Waals surface area contributed by atoms with Gasteiger partial charge < -0.3 is 4.90 Å². The summed E-state index contributed by atoms with van der Waals surface area (Å²) < 4.78 is 27.6. The third kappa shape index (κ3) is 2.20. The van der Waals surface area contributed by atoms with E-state index in [0.29, 0.717) is 12.2 Å². The molecular weight excluding hydrogens is 248 g/mol. The number of anilines is 1. The van der Waals surface area contributed by atoms with Crippen molar-refractivity contribution in [3.05, 3.63) is 36.2 Å². The molecule has 3 nitrogen and oxygen atoms in total. The maximum absolute atomic E-state index is 12.9. The van der Waals surface area contributed by atoms with Crippen LogP contribution < -0.4 is 4.90 Å². The summed E-state index contributed by atoms with van der Waals surface area (Å²) >= 11 is 0. The van der Waals surface area contributed by atoms with Gasteiger partial charge in [-0.2, -0.15) is 13.9 Å². The number of nitrogens with zero attached hydrogens (tertiary/aromatic N) is 3. The third-order valence-corrected chi connectivity index (χ3v) is 3.51. The minimum Gasteiger partial charge on any atom is -0.316 e. The molecule has 100 valence electrons. The Morgan fingerprint density at radius 1 is 1.26 bits per heavy atom. The van der Waals surface area contributed by atoms with Crippen LogP contribution in [-0.2, 0) is 13.5 Å². The van der Waals surface area contributed by atoms with E-state index in [4.69, 9.17) is 0 Å². The Bertz CT molecular complexity index is 592. The summed E-state index contributed by atoms with van der Waals surface area (Å²) in [6.45, 7) is -2.00. The molecule has 0 saturated carbocycles. The molecule has 1 aromatic heterocycles. The highest BCUT2D eigenvalue weighted by molar-refractivity contribution is 5.68. The Hall–Kier alpha value is -1.91. The van der Waals surface area contributed by atoms with Gasteiger partial charge in [0.1, 0.15) is 0 Å². The van der Waals surface area contributed by atoms with Crippen LogP contribution in [0.2, 0.25) is 0 Å². The summed E-state index contributed by atoms with van der Waals surface area (Å²) in [7, 11) is 1.86. The molecule has 0 atom stereocenters. The van der Waals surface area contributed by atoms with Gasteiger partial charge in [-0.15, -0.1) is 0 Å². The maximum atomic E-state index is 12.9. The molecule has 2 heterocycles. The Kier molecular flexibility index (Phi) is 2.97. The second-order valence-electron chi connectivity index (χ2n) is 4.82. The molecule has 2 aromatic rings. The van der Waals surface area contributed by atoms with Crippen LogP contribution in [0.25, 0.3) is 11.1 Å². The molecule has 0 amide bonds. The molecule has 1 aliphatic rings. The van der Waals surface area contributed by atoms with Crippen LogP contribution in [0.1, 0.15) is 12.0 Å². The van der Waals surface area contributed by atoms with Gasteiger partial charge in [0.2, 0.25) is 0 Å². The number of rotatable bonds is 2. The van der Waals surface area contributed by atoms with E-state index in [1.807, 2.05) is 25.4 Å². The van der Waals surface area contributed by atoms with Crippen LogP contribution >= 0.6 is 0 Å². The van der Waals surface area contributed by atoms with E-state index in [-0.39, 0.29) is 0 Å². The SMILES string of the molecule is Cn1cc(-c2ccc3c(c2)CCCN3C(F)F)cn1. The minimum atomic E-state index is -2.43. The standard InChI is InChI=1S/C14H15F2N3/c1-18-9-12(8-17-18)10-4-5-13-11(7-10)3-2-6-19(13)14(15)16/h4-5,7-9,14H,2-3,6H2,1H3. The van der Waals surface area contributed by atoms with Crippen molar-refractivity contribution in [2.24, 2.45) is 7.05 Å². The Balaban J connectivity index is 2.00. The number of hydrogen-bond acceptors (Lipinski definition) is 2. The third-order valence-electron chi connectivity index (χ3n) is 3.51. The molecule has 0 aliphatic carbocycles. The molecular formula is C14H15F2N3. The van der Waals surface area contributed by atoms with Crippen LogP contribution in [0.15, 0.2) is 30.6 Å². The van der Waals surface area contributed by atoms with Gasteiger partial charge in [0.15, 0.2) is 0 Å². The van der Waals surface area contributed by atoms with Crippen LogP contribution in [0.3, 0.4) is 0 Å². The van der Waals surface area contributed by atoms with Crippen molar-refractivity contribution >= 4 is 5.69 Å². The van der Waals surface area contributed by atoms with Crippen molar-refractivity contribution in [2.45, 2.75) is 19.4 Å². The summed E-state index contributed by atoms with van der Waals surface area (Å²) in [6.07, 6.45) is 5.34. The second-order valence-corrected chi connectivity index (χ2v) is 4.82. The van der Waals surface area contributed by atoms with E-state index in [9.17, 15) is 8.78 Å². The number of halogens is 2. The molecule has 5 heteroatoms. The van der Waals surface area contributed by atoms with Crippen molar-refractivity contribution in [1.29, 1.82) is 0 Å². The van der Waals surface area contributed by atoms with E-state index in [1.54, 1.807) is 16.9 Å². The van der Waals surface area contributed by atoms with Crippen molar-refractivity contribution in [3.63, 3.8) is 0 Å². The molecule has 1 aliphatic heterocycles. The van der Waals surface area contributed by atoms with Gasteiger partial charge in [0.05, 0.1) is 6.20 Å². The Morgan fingerprint density at radius 2 is 2.11 bits per heavy atom. The first-order chi connectivity index (χ1) is 9.15. The lowest BCUT2D eigenvalue weighted by molar-refractivity contribution is 0.140. The first kappa shape index (κ1) is 12.1. The quantitative estimate of drug-likeness (QED) is 0.776. The number of aromatic nitrogens is 2. The largest absolute Gasteiger partial charge is 0.316 e. The molecule has 19 heavy (non-hydrogen) atoms. The predicted molar refractivity (Wildman–Crippen MR) is 70.3 cm³/mol. The molecule has 1 aromatic carbocycles. The first-order valence-corrected chi connectivity index (χ1v) is 6.32. The monoisotopic (exact) mass is 263 g/mol. The van der Waals surface area contributed by atoms with Gasteiger partial charge in [-0.1, -0.05) is 6.07 Å². The number of aryl methyl sites for hydroxylation is 2. The molecule has 0 bridgehead atoms. The van der Waals surface area contributed by atoms with Gasteiger partial charge in [-0.25, -0.2) is 0 Å². The molecule has 0 unspecified atom stereocenters. The van der Waals surface area contributed by atoms with Gasteiger partial charge in [-0.3, -0.25) is 4.68 Å². The summed E-state index contributed by atoms with van der Waals surface area (Å²) in [5.41, 5.74) is 3.70. The highest BCUT2D eigenvalue weighted by atomic mass is 19.3. The zero-order valence-corrected chi connectivity index (χ0v) is 10.7. The maximum Gasteiger partial charge on any atom is 0.315 e. The lowest BCUT2D eigenvalue weighted by Gasteiger charge is -2.30.